The lowest BCUT2D eigenvalue weighted by molar-refractivity contribution is -0.130. The molecule has 0 aliphatic heterocycles. The maximum Gasteiger partial charge on any atom is 0.319 e. The largest absolute Gasteiger partial charge is 0.484 e. The molecule has 0 radical (unpaired) electrons. The molecule has 2 aromatic rings. The summed E-state index contributed by atoms with van der Waals surface area (Å²) in [4.78, 5) is 28.6. The summed E-state index contributed by atoms with van der Waals surface area (Å²) in [7, 11) is 7.32. The van der Waals surface area contributed by atoms with Crippen molar-refractivity contribution in [3.05, 3.63) is 46.7 Å². The van der Waals surface area contributed by atoms with Crippen LogP contribution in [0.5, 0.6) is 5.75 Å². The smallest absolute Gasteiger partial charge is 0.319 e. The number of hydrogen-bond donors (Lipinski definition) is 2. The zero-order valence-electron chi connectivity index (χ0n) is 16.1. The van der Waals surface area contributed by atoms with Gasteiger partial charge in [-0.3, -0.25) is 4.79 Å². The van der Waals surface area contributed by atoms with E-state index in [1.165, 1.54) is 9.78 Å². The van der Waals surface area contributed by atoms with Crippen LogP contribution in [0.2, 0.25) is 0 Å². The zero-order valence-corrected chi connectivity index (χ0v) is 16.9. The number of ether oxygens (including phenoxy) is 1. The maximum absolute atomic E-state index is 12.2. The molecule has 7 nitrogen and oxygen atoms in total. The number of carbonyl (C=O) groups is 2. The number of carbonyl (C=O) groups excluding carboxylic acids is 2. The Hall–Kier alpha value is -2.58. The summed E-state index contributed by atoms with van der Waals surface area (Å²) in [6.45, 7) is 0.445. The van der Waals surface area contributed by atoms with E-state index in [0.29, 0.717) is 18.0 Å². The summed E-state index contributed by atoms with van der Waals surface area (Å²) in [5.41, 5.74) is 0.597. The first-order valence-corrected chi connectivity index (χ1v) is 9.42. The number of nitrogens with zero attached hydrogens (tertiary/aromatic N) is 2. The normalized spacial score (nSPS) is 11.7. The van der Waals surface area contributed by atoms with Gasteiger partial charge in [0.2, 0.25) is 0 Å². The van der Waals surface area contributed by atoms with E-state index >= 15 is 0 Å². The van der Waals surface area contributed by atoms with Gasteiger partial charge in [0.15, 0.2) is 6.61 Å². The predicted molar refractivity (Wildman–Crippen MR) is 108 cm³/mol. The standard InChI is InChI=1S/C19H26N4O3S/c1-22(2)16(17-9-6-10-27-17)12-20-19(25)21-14-7-5-8-15(11-14)26-13-18(24)23(3)4/h5-11,16H,12-13H2,1-4H3,(H2,20,21,25). The second-order valence-electron chi connectivity index (χ2n) is 6.43. The van der Waals surface area contributed by atoms with Crippen LogP contribution in [0.25, 0.3) is 0 Å². The highest BCUT2D eigenvalue weighted by atomic mass is 32.1. The van der Waals surface area contributed by atoms with Crippen LogP contribution in [0.4, 0.5) is 10.5 Å². The van der Waals surface area contributed by atoms with Crippen molar-refractivity contribution >= 4 is 29.0 Å². The Morgan fingerprint density at radius 3 is 2.56 bits per heavy atom. The van der Waals surface area contributed by atoms with Gasteiger partial charge >= 0.3 is 6.03 Å². The molecule has 0 fully saturated rings. The summed E-state index contributed by atoms with van der Waals surface area (Å²) in [5, 5.41) is 7.72. The molecule has 146 valence electrons. The van der Waals surface area contributed by atoms with E-state index in [4.69, 9.17) is 4.74 Å². The molecule has 2 rings (SSSR count). The topological polar surface area (TPSA) is 73.9 Å². The third kappa shape index (κ3) is 6.58. The van der Waals surface area contributed by atoms with Gasteiger partial charge in [0.25, 0.3) is 5.91 Å². The Bertz CT molecular complexity index is 747. The molecule has 1 heterocycles. The average molecular weight is 391 g/mol. The van der Waals surface area contributed by atoms with Gasteiger partial charge in [0, 0.05) is 37.3 Å². The zero-order chi connectivity index (χ0) is 19.8. The van der Waals surface area contributed by atoms with Crippen molar-refractivity contribution in [1.29, 1.82) is 0 Å². The minimum Gasteiger partial charge on any atom is -0.484 e. The van der Waals surface area contributed by atoms with E-state index in [1.54, 1.807) is 49.7 Å². The summed E-state index contributed by atoms with van der Waals surface area (Å²) >= 11 is 1.67. The van der Waals surface area contributed by atoms with Crippen molar-refractivity contribution < 1.29 is 14.3 Å². The predicted octanol–water partition coefficient (Wildman–Crippen LogP) is 2.64. The second-order valence-corrected chi connectivity index (χ2v) is 7.41. The van der Waals surface area contributed by atoms with Crippen LogP contribution in [0.3, 0.4) is 0 Å². The van der Waals surface area contributed by atoms with E-state index < -0.39 is 0 Å². The minimum absolute atomic E-state index is 0.0476. The molecule has 0 saturated carbocycles. The van der Waals surface area contributed by atoms with Gasteiger partial charge in [-0.15, -0.1) is 11.3 Å². The Labute approximate surface area is 163 Å². The lowest BCUT2D eigenvalue weighted by Gasteiger charge is -2.23. The van der Waals surface area contributed by atoms with Crippen LogP contribution in [0.1, 0.15) is 10.9 Å². The first-order valence-electron chi connectivity index (χ1n) is 8.54. The molecule has 1 atom stereocenters. The molecule has 1 aromatic carbocycles. The van der Waals surface area contributed by atoms with E-state index in [9.17, 15) is 9.59 Å². The van der Waals surface area contributed by atoms with Gasteiger partial charge in [0.1, 0.15) is 5.75 Å². The fourth-order valence-corrected chi connectivity index (χ4v) is 3.24. The van der Waals surface area contributed by atoms with Crippen molar-refractivity contribution in [2.24, 2.45) is 0 Å². The van der Waals surface area contributed by atoms with Crippen LogP contribution in [-0.2, 0) is 4.79 Å². The van der Waals surface area contributed by atoms with Gasteiger partial charge in [-0.05, 0) is 37.7 Å². The molecular weight excluding hydrogens is 364 g/mol. The summed E-state index contributed by atoms with van der Waals surface area (Å²) in [5.74, 6) is 0.391. The van der Waals surface area contributed by atoms with Crippen molar-refractivity contribution in [3.8, 4) is 5.75 Å². The molecule has 0 bridgehead atoms. The monoisotopic (exact) mass is 390 g/mol. The fraction of sp³-hybridized carbons (Fsp3) is 0.368. The number of hydrogen-bond acceptors (Lipinski definition) is 5. The number of nitrogens with one attached hydrogen (secondary N) is 2. The summed E-state index contributed by atoms with van der Waals surface area (Å²) < 4.78 is 5.46. The molecule has 0 aliphatic carbocycles. The van der Waals surface area contributed by atoms with Crippen molar-refractivity contribution in [1.82, 2.24) is 15.1 Å². The highest BCUT2D eigenvalue weighted by molar-refractivity contribution is 7.10. The molecule has 2 N–H and O–H groups in total. The average Bonchev–Trinajstić information content (AvgIpc) is 3.14. The molecule has 0 aliphatic rings. The van der Waals surface area contributed by atoms with E-state index in [-0.39, 0.29) is 24.6 Å². The van der Waals surface area contributed by atoms with E-state index in [1.807, 2.05) is 25.5 Å². The third-order valence-electron chi connectivity index (χ3n) is 3.90. The van der Waals surface area contributed by atoms with Crippen molar-refractivity contribution in [2.45, 2.75) is 6.04 Å². The quantitative estimate of drug-likeness (QED) is 0.727. The van der Waals surface area contributed by atoms with Crippen LogP contribution >= 0.6 is 11.3 Å². The molecular formula is C19H26N4O3S. The molecule has 0 spiro atoms. The van der Waals surface area contributed by atoms with Crippen LogP contribution in [0, 0.1) is 0 Å². The minimum atomic E-state index is -0.292. The summed E-state index contributed by atoms with van der Waals surface area (Å²) in [6, 6.07) is 10.8. The Morgan fingerprint density at radius 1 is 1.15 bits per heavy atom. The fourth-order valence-electron chi connectivity index (χ4n) is 2.32. The summed E-state index contributed by atoms with van der Waals surface area (Å²) in [6.07, 6.45) is 0. The maximum atomic E-state index is 12.2. The molecule has 1 aromatic heterocycles. The molecule has 27 heavy (non-hydrogen) atoms. The Kier molecular flexibility index (Phi) is 7.63. The Morgan fingerprint density at radius 2 is 1.93 bits per heavy atom. The highest BCUT2D eigenvalue weighted by Crippen LogP contribution is 2.22. The van der Waals surface area contributed by atoms with Crippen molar-refractivity contribution in [2.75, 3.05) is 46.7 Å². The van der Waals surface area contributed by atoms with Crippen LogP contribution < -0.4 is 15.4 Å². The molecule has 0 saturated heterocycles. The molecule has 1 unspecified atom stereocenters. The lowest BCUT2D eigenvalue weighted by Crippen LogP contribution is -2.36. The number of likely N-dealkylation sites (N-methyl/N-ethyl adjacent to an activating group) is 2. The van der Waals surface area contributed by atoms with Gasteiger partial charge in [-0.2, -0.15) is 0 Å². The lowest BCUT2D eigenvalue weighted by atomic mass is 10.2. The Balaban J connectivity index is 1.88. The number of thiophene rings is 1. The number of amides is 3. The van der Waals surface area contributed by atoms with Crippen molar-refractivity contribution in [3.63, 3.8) is 0 Å². The highest BCUT2D eigenvalue weighted by Gasteiger charge is 2.16. The first-order chi connectivity index (χ1) is 12.9. The first kappa shape index (κ1) is 20.7. The van der Waals surface area contributed by atoms with Gasteiger partial charge < -0.3 is 25.2 Å². The van der Waals surface area contributed by atoms with Gasteiger partial charge in [0.05, 0.1) is 6.04 Å². The third-order valence-corrected chi connectivity index (χ3v) is 4.88. The number of anilines is 1. The van der Waals surface area contributed by atoms with E-state index in [0.717, 1.165) is 0 Å². The van der Waals surface area contributed by atoms with Crippen LogP contribution in [0.15, 0.2) is 41.8 Å². The molecule has 3 amide bonds. The number of urea groups is 1. The SMILES string of the molecule is CN(C)C(=O)COc1cccc(NC(=O)NCC(c2cccs2)N(C)C)c1. The number of benzene rings is 1. The second kappa shape index (κ2) is 9.94. The van der Waals surface area contributed by atoms with E-state index in [2.05, 4.69) is 21.6 Å². The molecule has 8 heteroatoms. The van der Waals surface area contributed by atoms with Gasteiger partial charge in [-0.1, -0.05) is 12.1 Å². The van der Waals surface area contributed by atoms with Crippen LogP contribution in [-0.4, -0.2) is 63.1 Å². The number of rotatable bonds is 8. The van der Waals surface area contributed by atoms with Gasteiger partial charge in [-0.25, -0.2) is 4.79 Å².